The predicted molar refractivity (Wildman–Crippen MR) is 544 cm³/mol. The number of ether oxygens (including phenoxy) is 8. The summed E-state index contributed by atoms with van der Waals surface area (Å²) in [5.41, 5.74) is -6.71. The molecule has 800 valence electrons. The highest BCUT2D eigenvalue weighted by Gasteiger charge is 2.62. The number of anilines is 1. The fraction of sp³-hybridized carbons (Fsp3) is 0.458. The Bertz CT molecular complexity index is 6300. The van der Waals surface area contributed by atoms with E-state index in [-0.39, 0.29) is 96.8 Å². The van der Waals surface area contributed by atoms with Crippen molar-refractivity contribution in [3.05, 3.63) is 215 Å². The average molecular weight is 2230 g/mol. The highest BCUT2D eigenvalue weighted by Crippen LogP contribution is 2.57. The molecule has 4 aliphatic rings. The molecule has 8 heterocycles. The summed E-state index contributed by atoms with van der Waals surface area (Å²) in [5.74, 6) is 2.76. The standard InChI is InChI=1S/C24H29FN3O7PS.2C24H28FN2O8PS.C24H28FN2O7PS2/c1-5-24(25)20(29)18(34-22(24)28-12-11-19(26)27-23(28)37)13-32-36(31,35-17-9-7-6-8-10-17)14-16(4)21(30)33-15(2)3;1-5-24(25)20(28)18(34-22(24)27-12-11-19(37)26-23(27)30)13-32-36(31,35-17-9-7-6-8-10-17)14-16(4)21(29)33-15(2)3;1-5-24(25)20(29)18(34-22(24)27-12-11-19(28)26-23(27)37)13-32-36(31,35-17-9-7-6-8-10-17)14-16(4)21(30)33-15(2)3;1-5-24(25)20(28)18(33-22(24)27-12-11-19(36)26-23(27)37)13-31-35(30,34-17-9-7-6-8-10-17)14-16(4)21(29)32-15(2)3/h1,6-12,15-16,18,20,22,29H,13-14H2,2-4H3,(H2,26,27,37);1,6-12,15-16,18,20,22,28H,13-14H2,2-4H3,(H,26,30,37);1,6-12,15-16,18,20,22,29H,13-14H2,2-4H3,(H,26,28,37);1,6-12,15-16,18,20,22,28H,13-14H2,2-4H3,(H,26,36,37)/t3*16-,18-,20+,22-,24?,36?;16-,18-,20+,22-,24?,35?/m1111/s1. The van der Waals surface area contributed by atoms with Crippen LogP contribution in [0.1, 0.15) is 108 Å². The van der Waals surface area contributed by atoms with Crippen LogP contribution in [0, 0.1) is 96.6 Å². The Hall–Kier alpha value is -10.8. The van der Waals surface area contributed by atoms with E-state index >= 15 is 17.6 Å². The second kappa shape index (κ2) is 52.8. The van der Waals surface area contributed by atoms with Crippen LogP contribution in [0.4, 0.5) is 23.4 Å². The molecule has 0 radical (unpaired) electrons. The van der Waals surface area contributed by atoms with Crippen molar-refractivity contribution < 1.29 is 150 Å². The van der Waals surface area contributed by atoms with Gasteiger partial charge in [0.1, 0.15) is 86.9 Å². The Balaban J connectivity index is 0.000000219. The van der Waals surface area contributed by atoms with E-state index in [1.807, 2.05) is 23.7 Å². The number of carbonyl (C=O) groups excluding carboxylic acids is 4. The lowest BCUT2D eigenvalue weighted by Gasteiger charge is -2.25. The van der Waals surface area contributed by atoms with Crippen LogP contribution in [0.5, 0.6) is 23.0 Å². The van der Waals surface area contributed by atoms with Crippen molar-refractivity contribution in [1.29, 1.82) is 0 Å². The molecule has 0 aliphatic carbocycles. The number of aliphatic hydroxyl groups excluding tert-OH is 4. The fourth-order valence-electron chi connectivity index (χ4n) is 14.5. The van der Waals surface area contributed by atoms with Gasteiger partial charge in [-0.05, 0) is 159 Å². The Morgan fingerprint density at radius 3 is 0.885 bits per heavy atom. The smallest absolute Gasteiger partial charge is 0.380 e. The minimum absolute atomic E-state index is 0.0270. The van der Waals surface area contributed by atoms with Crippen LogP contribution in [0.15, 0.2) is 180 Å². The third-order valence-corrected chi connectivity index (χ3v) is 31.3. The van der Waals surface area contributed by atoms with Crippen molar-refractivity contribution in [2.45, 2.75) is 204 Å². The number of benzene rings is 4. The summed E-state index contributed by atoms with van der Waals surface area (Å²) in [7, 11) is -16.3. The Labute approximate surface area is 874 Å². The maximum atomic E-state index is 15.8. The number of halogens is 4. The van der Waals surface area contributed by atoms with E-state index in [0.29, 0.717) is 4.64 Å². The van der Waals surface area contributed by atoms with Crippen LogP contribution in [0.3, 0.4) is 0 Å². The number of H-pyrrole nitrogens is 3. The molecule has 8 unspecified atom stereocenters. The van der Waals surface area contributed by atoms with Crippen LogP contribution in [-0.4, -0.2) is 230 Å². The molecule has 9 N–H and O–H groups in total. The van der Waals surface area contributed by atoms with Gasteiger partial charge in [0.05, 0.1) is 99.2 Å². The first-order valence-electron chi connectivity index (χ1n) is 45.6. The maximum absolute atomic E-state index is 15.8. The number of hydrogen-bond acceptors (Lipinski definition) is 37. The topological polar surface area (TPSA) is 505 Å². The zero-order valence-electron chi connectivity index (χ0n) is 81.7. The normalized spacial score (nSPS) is 25.7. The number of nitrogens with one attached hydrogen (secondary N) is 3. The van der Waals surface area contributed by atoms with Crippen LogP contribution in [-0.2, 0) is 93.4 Å². The number of aromatic amines is 3. The number of nitrogens with two attached hydrogens (primary N) is 1. The number of rotatable bonds is 40. The quantitative estimate of drug-likeness (QED) is 0.00441. The van der Waals surface area contributed by atoms with Gasteiger partial charge in [-0.2, -0.15) is 0 Å². The van der Waals surface area contributed by atoms with Gasteiger partial charge in [0.25, 0.3) is 5.56 Å². The molecular weight excluding hydrogens is 2120 g/mol. The number of terminal acetylenes is 4. The lowest BCUT2D eigenvalue weighted by molar-refractivity contribution is -0.152. The van der Waals surface area contributed by atoms with Gasteiger partial charge in [0.15, 0.2) is 34.5 Å². The first kappa shape index (κ1) is 121. The van der Waals surface area contributed by atoms with E-state index < -0.39 is 212 Å². The summed E-state index contributed by atoms with van der Waals surface area (Å²) < 4.78 is 211. The van der Waals surface area contributed by atoms with E-state index in [2.05, 4.69) is 19.9 Å². The van der Waals surface area contributed by atoms with Gasteiger partial charge in [0.2, 0.25) is 27.4 Å². The van der Waals surface area contributed by atoms with E-state index in [1.54, 1.807) is 177 Å². The minimum Gasteiger partial charge on any atom is -0.463 e. The molecule has 52 heteroatoms. The summed E-state index contributed by atoms with van der Waals surface area (Å²) in [6, 6.07) is 37.9. The molecule has 0 amide bonds. The lowest BCUT2D eigenvalue weighted by atomic mass is 9.97. The van der Waals surface area contributed by atoms with Crippen molar-refractivity contribution in [2.75, 3.05) is 56.8 Å². The van der Waals surface area contributed by atoms with Gasteiger partial charge in [-0.15, -0.1) is 25.7 Å². The second-order valence-electron chi connectivity index (χ2n) is 35.2. The van der Waals surface area contributed by atoms with E-state index in [1.165, 1.54) is 75.2 Å². The zero-order chi connectivity index (χ0) is 110. The van der Waals surface area contributed by atoms with Gasteiger partial charge < -0.3 is 87.1 Å². The molecule has 0 saturated carbocycles. The first-order chi connectivity index (χ1) is 69.5. The van der Waals surface area contributed by atoms with E-state index in [9.17, 15) is 67.5 Å². The number of hydrogen-bond donors (Lipinski definition) is 8. The predicted octanol–water partition coefficient (Wildman–Crippen LogP) is 15.2. The third kappa shape index (κ3) is 31.7. The second-order valence-corrected chi connectivity index (χ2v) is 45.3. The molecule has 4 fully saturated rings. The Morgan fingerprint density at radius 2 is 0.635 bits per heavy atom. The van der Waals surface area contributed by atoms with E-state index in [4.69, 9.17) is 167 Å². The monoisotopic (exact) mass is 2230 g/mol. The van der Waals surface area contributed by atoms with Crippen LogP contribution >= 0.6 is 91.5 Å². The summed E-state index contributed by atoms with van der Waals surface area (Å²) in [6.07, 6.45) is 4.21. The number of aliphatic hydroxyl groups is 4. The number of para-hydroxylation sites is 4. The Kier molecular flexibility index (Phi) is 43.0. The number of esters is 4. The van der Waals surface area contributed by atoms with Crippen molar-refractivity contribution in [1.82, 2.24) is 38.2 Å². The minimum atomic E-state index is -4.09. The summed E-state index contributed by atoms with van der Waals surface area (Å²) in [4.78, 5) is 84.5. The average Bonchev–Trinajstić information content (AvgIpc) is 1.62. The zero-order valence-corrected chi connectivity index (χ0v) is 89.4. The molecule has 0 bridgehead atoms. The molecule has 8 aromatic rings. The van der Waals surface area contributed by atoms with Gasteiger partial charge in [-0.3, -0.25) is 70.3 Å². The van der Waals surface area contributed by atoms with Crippen LogP contribution in [0.2, 0.25) is 0 Å². The largest absolute Gasteiger partial charge is 0.463 e. The molecule has 4 aromatic carbocycles. The molecule has 0 spiro atoms. The fourth-order valence-corrected chi connectivity index (χ4v) is 23.1. The number of carbonyl (C=O) groups is 4. The van der Waals surface area contributed by atoms with Gasteiger partial charge in [-0.25, -0.2) is 45.6 Å². The van der Waals surface area contributed by atoms with Gasteiger partial charge in [0, 0.05) is 30.9 Å². The van der Waals surface area contributed by atoms with Crippen LogP contribution in [0.25, 0.3) is 0 Å². The number of alkyl halides is 4. The maximum Gasteiger partial charge on any atom is 0.380 e. The van der Waals surface area contributed by atoms with Crippen LogP contribution < -0.4 is 35.1 Å². The SMILES string of the molecule is C#CC1(F)[C@@H](O)[C@@H](COP(=O)(C[C@@H](C)C(=O)OC(C)C)Oc2ccccc2)O[C@H]1n1ccc(=O)[nH]c1=S.C#CC1(F)[C@@H](O)[C@@H](COP(=O)(C[C@@H](C)C(=O)OC(C)C)Oc2ccccc2)O[C@H]1n1ccc(=S)[nH]c1=O.C#CC1(F)[C@@H](O)[C@@H](COP(=O)(C[C@@H](C)C(=O)OC(C)C)Oc2ccccc2)O[C@H]1n1ccc(=S)[nH]c1=S.C#CC1(F)[C@@H](O)[C@@H](COP(=O)(C[C@@H](C)C(=O)OC(C)C)Oc2ccccc2)O[C@H]1n1ccc(N)nc1=S. The molecule has 39 nitrogen and oxygen atoms in total. The number of nitrogen functional groups attached to an aromatic ring is 1. The van der Waals surface area contributed by atoms with Crippen molar-refractivity contribution in [2.24, 2.45) is 23.7 Å². The Morgan fingerprint density at radius 1 is 0.392 bits per heavy atom. The lowest BCUT2D eigenvalue weighted by Crippen LogP contribution is -2.44. The highest BCUT2D eigenvalue weighted by molar-refractivity contribution is 7.72. The van der Waals surface area contributed by atoms with Crippen molar-refractivity contribution in [3.8, 4) is 72.4 Å². The summed E-state index contributed by atoms with van der Waals surface area (Å²) in [5, 5.41) is 42.8. The molecule has 24 atom stereocenters. The number of nitrogens with zero attached hydrogens (tertiary/aromatic N) is 5. The molecule has 4 aliphatic heterocycles. The highest BCUT2D eigenvalue weighted by atomic mass is 32.1. The molecule has 148 heavy (non-hydrogen) atoms. The first-order valence-corrected chi connectivity index (χ1v) is 54.5. The molecule has 12 rings (SSSR count). The number of aromatic nitrogens is 8. The molecule has 4 saturated heterocycles. The van der Waals surface area contributed by atoms with Crippen molar-refractivity contribution >= 4 is 121 Å². The van der Waals surface area contributed by atoms with E-state index in [0.717, 1.165) is 19.8 Å². The molecule has 4 aromatic heterocycles. The van der Waals surface area contributed by atoms with Crippen molar-refractivity contribution in [3.63, 3.8) is 0 Å². The van der Waals surface area contributed by atoms with Gasteiger partial charge >= 0.3 is 60.0 Å². The summed E-state index contributed by atoms with van der Waals surface area (Å²) >= 11 is 25.3. The summed E-state index contributed by atoms with van der Waals surface area (Å²) in [6.45, 7) is 17.2. The third-order valence-electron chi connectivity index (χ3n) is 21.8. The molecular formula is C96H113F4N9O30P4S5. The van der Waals surface area contributed by atoms with Gasteiger partial charge in [-0.1, -0.05) is 149 Å².